The van der Waals surface area contributed by atoms with Crippen LogP contribution in [0.5, 0.6) is 0 Å². The van der Waals surface area contributed by atoms with E-state index < -0.39 is 0 Å². The van der Waals surface area contributed by atoms with Crippen LogP contribution in [0.1, 0.15) is 32.7 Å². The van der Waals surface area contributed by atoms with E-state index in [0.717, 1.165) is 23.4 Å². The van der Waals surface area contributed by atoms with Gasteiger partial charge in [0.25, 0.3) is 5.91 Å². The summed E-state index contributed by atoms with van der Waals surface area (Å²) in [6.07, 6.45) is 3.86. The number of carbonyl (C=O) groups excluding carboxylic acids is 1. The Morgan fingerprint density at radius 2 is 1.70 bits per heavy atom. The lowest BCUT2D eigenvalue weighted by molar-refractivity contribution is 0.0758. The van der Waals surface area contributed by atoms with Crippen LogP contribution in [0.15, 0.2) is 79.5 Å². The second kappa shape index (κ2) is 8.54. The summed E-state index contributed by atoms with van der Waals surface area (Å²) in [5, 5.41) is 0. The molecule has 0 radical (unpaired) electrons. The summed E-state index contributed by atoms with van der Waals surface area (Å²) in [4.78, 5) is 14.9. The largest absolute Gasteiger partial charge is 0.345 e. The number of aromatic nitrogens is 1. The normalized spacial score (nSPS) is 10.6. The smallest absolute Gasteiger partial charge is 0.254 e. The first-order valence-electron chi connectivity index (χ1n) is 9.24. The highest BCUT2D eigenvalue weighted by Gasteiger charge is 2.18. The summed E-state index contributed by atoms with van der Waals surface area (Å²) in [6.45, 7) is 9.80. The molecule has 1 amide bonds. The van der Waals surface area contributed by atoms with Crippen molar-refractivity contribution in [3.05, 3.63) is 107 Å². The highest BCUT2D eigenvalue weighted by Crippen LogP contribution is 2.16. The first kappa shape index (κ1) is 18.7. The van der Waals surface area contributed by atoms with Gasteiger partial charge < -0.3 is 9.47 Å². The summed E-state index contributed by atoms with van der Waals surface area (Å²) in [5.74, 6) is 0.0386. The van der Waals surface area contributed by atoms with E-state index in [9.17, 15) is 4.79 Å². The third kappa shape index (κ3) is 4.37. The van der Waals surface area contributed by atoms with Crippen LogP contribution >= 0.6 is 0 Å². The van der Waals surface area contributed by atoms with Gasteiger partial charge in [0.1, 0.15) is 0 Å². The monoisotopic (exact) mass is 358 g/mol. The number of hydrogen-bond donors (Lipinski definition) is 0. The summed E-state index contributed by atoms with van der Waals surface area (Å²) < 4.78 is 2.21. The molecule has 0 spiro atoms. The number of amides is 1. The summed E-state index contributed by atoms with van der Waals surface area (Å²) in [5.41, 5.74) is 5.41. The van der Waals surface area contributed by atoms with Crippen LogP contribution in [0.4, 0.5) is 0 Å². The van der Waals surface area contributed by atoms with Gasteiger partial charge >= 0.3 is 0 Å². The third-order valence-electron chi connectivity index (χ3n) is 4.89. The van der Waals surface area contributed by atoms with Crippen molar-refractivity contribution in [2.45, 2.75) is 26.9 Å². The van der Waals surface area contributed by atoms with Crippen molar-refractivity contribution < 1.29 is 4.79 Å². The Hall–Kier alpha value is -3.07. The van der Waals surface area contributed by atoms with Crippen molar-refractivity contribution in [1.29, 1.82) is 0 Å². The maximum Gasteiger partial charge on any atom is 0.254 e. The fourth-order valence-corrected chi connectivity index (χ4v) is 3.27. The van der Waals surface area contributed by atoms with E-state index in [4.69, 9.17) is 0 Å². The predicted octanol–water partition coefficient (Wildman–Crippen LogP) is 4.98. The molecule has 0 fully saturated rings. The molecule has 3 aromatic rings. The minimum atomic E-state index is 0.0386. The zero-order chi connectivity index (χ0) is 19.2. The summed E-state index contributed by atoms with van der Waals surface area (Å²) in [6, 6.07) is 20.3. The zero-order valence-electron chi connectivity index (χ0n) is 16.1. The Balaban J connectivity index is 1.83. The van der Waals surface area contributed by atoms with E-state index in [1.807, 2.05) is 42.2 Å². The van der Waals surface area contributed by atoms with Crippen molar-refractivity contribution in [2.75, 3.05) is 6.54 Å². The van der Waals surface area contributed by atoms with Gasteiger partial charge in [-0.15, -0.1) is 6.58 Å². The molecule has 0 unspecified atom stereocenters. The summed E-state index contributed by atoms with van der Waals surface area (Å²) >= 11 is 0. The number of nitrogens with zero attached hydrogens (tertiary/aromatic N) is 2. The Labute approximate surface area is 161 Å². The average molecular weight is 358 g/mol. The summed E-state index contributed by atoms with van der Waals surface area (Å²) in [7, 11) is 0. The second-order valence-electron chi connectivity index (χ2n) is 6.84. The van der Waals surface area contributed by atoms with Crippen LogP contribution in [0.2, 0.25) is 0 Å². The molecule has 3 nitrogen and oxygen atoms in total. The molecule has 1 heterocycles. The van der Waals surface area contributed by atoms with Crippen LogP contribution < -0.4 is 0 Å². The maximum absolute atomic E-state index is 13.1. The van der Waals surface area contributed by atoms with Gasteiger partial charge in [0.05, 0.1) is 6.54 Å². The predicted molar refractivity (Wildman–Crippen MR) is 111 cm³/mol. The lowest BCUT2D eigenvalue weighted by atomic mass is 10.1. The average Bonchev–Trinajstić information content (AvgIpc) is 3.10. The first-order chi connectivity index (χ1) is 13.1. The van der Waals surface area contributed by atoms with Gasteiger partial charge in [0.15, 0.2) is 0 Å². The van der Waals surface area contributed by atoms with Crippen molar-refractivity contribution in [2.24, 2.45) is 0 Å². The molecule has 0 N–H and O–H groups in total. The number of carbonyl (C=O) groups is 1. The SMILES string of the molecule is C=CCN(Cc1cccn1Cc1ccccc1C)C(=O)c1ccccc1C. The van der Waals surface area contributed by atoms with Crippen molar-refractivity contribution >= 4 is 5.91 Å². The molecule has 138 valence electrons. The molecule has 2 aromatic carbocycles. The number of aryl methyl sites for hydroxylation is 2. The molecule has 1 aromatic heterocycles. The Morgan fingerprint density at radius 3 is 2.41 bits per heavy atom. The molecule has 0 saturated heterocycles. The van der Waals surface area contributed by atoms with E-state index >= 15 is 0 Å². The standard InChI is InChI=1S/C24H26N2O/c1-4-15-26(24(27)23-14-8-6-11-20(23)3)18-22-13-9-16-25(22)17-21-12-7-5-10-19(21)2/h4-14,16H,1,15,17-18H2,2-3H3. The third-order valence-corrected chi connectivity index (χ3v) is 4.89. The molecule has 0 atom stereocenters. The number of rotatable bonds is 7. The topological polar surface area (TPSA) is 25.2 Å². The zero-order valence-corrected chi connectivity index (χ0v) is 16.1. The van der Waals surface area contributed by atoms with E-state index in [2.05, 4.69) is 54.6 Å². The first-order valence-corrected chi connectivity index (χ1v) is 9.24. The number of hydrogen-bond acceptors (Lipinski definition) is 1. The van der Waals surface area contributed by atoms with Crippen LogP contribution in [0, 0.1) is 13.8 Å². The van der Waals surface area contributed by atoms with E-state index in [1.165, 1.54) is 11.1 Å². The maximum atomic E-state index is 13.1. The lowest BCUT2D eigenvalue weighted by Crippen LogP contribution is -2.32. The number of benzene rings is 2. The van der Waals surface area contributed by atoms with Crippen LogP contribution in [0.3, 0.4) is 0 Å². The molecule has 0 aliphatic heterocycles. The van der Waals surface area contributed by atoms with Gasteiger partial charge in [-0.2, -0.15) is 0 Å². The van der Waals surface area contributed by atoms with Crippen LogP contribution in [-0.4, -0.2) is 21.9 Å². The van der Waals surface area contributed by atoms with Gasteiger partial charge in [-0.3, -0.25) is 4.79 Å². The molecule has 3 rings (SSSR count). The molecule has 0 aliphatic carbocycles. The second-order valence-corrected chi connectivity index (χ2v) is 6.84. The van der Waals surface area contributed by atoms with Crippen molar-refractivity contribution in [3.8, 4) is 0 Å². The Kier molecular flexibility index (Phi) is 5.92. The molecule has 27 heavy (non-hydrogen) atoms. The van der Waals surface area contributed by atoms with E-state index in [-0.39, 0.29) is 5.91 Å². The molecular weight excluding hydrogens is 332 g/mol. The molecular formula is C24H26N2O. The fourth-order valence-electron chi connectivity index (χ4n) is 3.27. The quantitative estimate of drug-likeness (QED) is 0.547. The highest BCUT2D eigenvalue weighted by molar-refractivity contribution is 5.95. The van der Waals surface area contributed by atoms with Gasteiger partial charge in [-0.25, -0.2) is 0 Å². The Morgan fingerprint density at radius 1 is 1.00 bits per heavy atom. The fraction of sp³-hybridized carbons (Fsp3) is 0.208. The molecule has 0 aliphatic rings. The van der Waals surface area contributed by atoms with Crippen LogP contribution in [0.25, 0.3) is 0 Å². The van der Waals surface area contributed by atoms with Crippen molar-refractivity contribution in [3.63, 3.8) is 0 Å². The minimum absolute atomic E-state index is 0.0386. The molecule has 3 heteroatoms. The van der Waals surface area contributed by atoms with Gasteiger partial charge in [-0.05, 0) is 48.7 Å². The molecule has 0 saturated carbocycles. The Bertz CT molecular complexity index is 939. The lowest BCUT2D eigenvalue weighted by Gasteiger charge is -2.23. The van der Waals surface area contributed by atoms with Gasteiger partial charge in [-0.1, -0.05) is 48.5 Å². The highest BCUT2D eigenvalue weighted by atomic mass is 16.2. The van der Waals surface area contributed by atoms with Gasteiger partial charge in [0.2, 0.25) is 0 Å². The van der Waals surface area contributed by atoms with Crippen LogP contribution in [-0.2, 0) is 13.1 Å². The van der Waals surface area contributed by atoms with Gasteiger partial charge in [0, 0.05) is 30.5 Å². The van der Waals surface area contributed by atoms with E-state index in [0.29, 0.717) is 13.1 Å². The van der Waals surface area contributed by atoms with E-state index in [1.54, 1.807) is 6.08 Å². The minimum Gasteiger partial charge on any atom is -0.345 e. The van der Waals surface area contributed by atoms with Crippen molar-refractivity contribution in [1.82, 2.24) is 9.47 Å². The molecule has 0 bridgehead atoms.